The molecule has 1 aromatic rings. The molecule has 116 valence electrons. The van der Waals surface area contributed by atoms with Gasteiger partial charge in [-0.05, 0) is 6.42 Å². The van der Waals surface area contributed by atoms with E-state index >= 15 is 0 Å². The molecule has 1 unspecified atom stereocenters. The quantitative estimate of drug-likeness (QED) is 0.678. The number of hydrogen-bond acceptors (Lipinski definition) is 6. The van der Waals surface area contributed by atoms with E-state index in [1.54, 1.807) is 6.92 Å². The van der Waals surface area contributed by atoms with Crippen LogP contribution in [0.15, 0.2) is 6.07 Å². The third-order valence-electron chi connectivity index (χ3n) is 2.67. The van der Waals surface area contributed by atoms with Crippen LogP contribution >= 0.6 is 0 Å². The predicted molar refractivity (Wildman–Crippen MR) is 73.6 cm³/mol. The van der Waals surface area contributed by atoms with Crippen molar-refractivity contribution in [1.29, 1.82) is 0 Å². The topological polar surface area (TPSA) is 123 Å². The smallest absolute Gasteiger partial charge is 0.321 e. The molecule has 0 aliphatic carbocycles. The Labute approximate surface area is 121 Å². The lowest BCUT2D eigenvalue weighted by Gasteiger charge is -2.12. The Hall–Kier alpha value is -2.58. The second-order valence-corrected chi connectivity index (χ2v) is 4.05. The summed E-state index contributed by atoms with van der Waals surface area (Å²) in [5, 5.41) is 13.7. The monoisotopic (exact) mass is 298 g/mol. The van der Waals surface area contributed by atoms with Crippen molar-refractivity contribution >= 4 is 17.9 Å². The Balaban J connectivity index is 2.64. The fourth-order valence-corrected chi connectivity index (χ4v) is 1.44. The number of aliphatic carboxylic acids is 1. The van der Waals surface area contributed by atoms with Crippen LogP contribution in [0.25, 0.3) is 0 Å². The van der Waals surface area contributed by atoms with Crippen LogP contribution in [0.1, 0.15) is 13.3 Å². The summed E-state index contributed by atoms with van der Waals surface area (Å²) in [4.78, 5) is 30.4. The predicted octanol–water partition coefficient (Wildman–Crippen LogP) is 0.726. The van der Waals surface area contributed by atoms with Crippen molar-refractivity contribution in [3.8, 4) is 11.8 Å². The largest absolute Gasteiger partial charge is 0.481 e. The van der Waals surface area contributed by atoms with Crippen LogP contribution in [0.2, 0.25) is 0 Å². The van der Waals surface area contributed by atoms with E-state index in [0.29, 0.717) is 6.42 Å². The number of nitrogens with one attached hydrogen (secondary N) is 2. The molecule has 9 nitrogen and oxygen atoms in total. The van der Waals surface area contributed by atoms with Crippen molar-refractivity contribution in [3.63, 3.8) is 0 Å². The van der Waals surface area contributed by atoms with Crippen molar-refractivity contribution in [2.24, 2.45) is 5.92 Å². The van der Waals surface area contributed by atoms with Crippen molar-refractivity contribution in [3.05, 3.63) is 6.07 Å². The normalized spacial score (nSPS) is 11.4. The van der Waals surface area contributed by atoms with E-state index < -0.39 is 17.9 Å². The molecule has 1 heterocycles. The average Bonchev–Trinajstić information content (AvgIpc) is 2.46. The van der Waals surface area contributed by atoms with Gasteiger partial charge >= 0.3 is 12.0 Å². The number of carbonyl (C=O) groups is 2. The maximum absolute atomic E-state index is 11.7. The van der Waals surface area contributed by atoms with Crippen LogP contribution in [0.3, 0.4) is 0 Å². The van der Waals surface area contributed by atoms with Gasteiger partial charge in [-0.1, -0.05) is 6.92 Å². The number of rotatable bonds is 7. The van der Waals surface area contributed by atoms with Crippen molar-refractivity contribution in [2.75, 3.05) is 26.1 Å². The van der Waals surface area contributed by atoms with E-state index in [1.807, 2.05) is 0 Å². The van der Waals surface area contributed by atoms with Gasteiger partial charge in [0.05, 0.1) is 26.2 Å². The lowest BCUT2D eigenvalue weighted by Crippen LogP contribution is -2.35. The summed E-state index contributed by atoms with van der Waals surface area (Å²) in [5.74, 6) is -1.15. The minimum absolute atomic E-state index is 0.00734. The van der Waals surface area contributed by atoms with Gasteiger partial charge in [0.25, 0.3) is 0 Å². The van der Waals surface area contributed by atoms with Gasteiger partial charge in [-0.25, -0.2) is 4.79 Å². The second-order valence-electron chi connectivity index (χ2n) is 4.05. The zero-order chi connectivity index (χ0) is 15.8. The number of aromatic nitrogens is 2. The number of hydrogen-bond donors (Lipinski definition) is 3. The van der Waals surface area contributed by atoms with E-state index in [9.17, 15) is 9.59 Å². The summed E-state index contributed by atoms with van der Waals surface area (Å²) in [7, 11) is 2.84. The highest BCUT2D eigenvalue weighted by Crippen LogP contribution is 2.17. The molecule has 0 bridgehead atoms. The van der Waals surface area contributed by atoms with E-state index in [-0.39, 0.29) is 24.3 Å². The Morgan fingerprint density at radius 3 is 2.29 bits per heavy atom. The third kappa shape index (κ3) is 5.13. The van der Waals surface area contributed by atoms with Gasteiger partial charge in [0, 0.05) is 6.54 Å². The van der Waals surface area contributed by atoms with E-state index in [4.69, 9.17) is 14.6 Å². The Kier molecular flexibility index (Phi) is 6.18. The molecule has 0 spiro atoms. The van der Waals surface area contributed by atoms with Crippen LogP contribution in [0.5, 0.6) is 11.8 Å². The molecule has 1 aromatic heterocycles. The summed E-state index contributed by atoms with van der Waals surface area (Å²) in [6, 6.07) is 0.852. The van der Waals surface area contributed by atoms with E-state index in [2.05, 4.69) is 20.6 Å². The van der Waals surface area contributed by atoms with Gasteiger partial charge in [-0.2, -0.15) is 9.97 Å². The molecular formula is C12H18N4O5. The molecule has 1 atom stereocenters. The molecule has 2 amide bonds. The fraction of sp³-hybridized carbons (Fsp3) is 0.500. The number of ether oxygens (including phenoxy) is 2. The molecule has 0 saturated heterocycles. The van der Waals surface area contributed by atoms with E-state index in [1.165, 1.54) is 20.3 Å². The number of amides is 2. The lowest BCUT2D eigenvalue weighted by molar-refractivity contribution is -0.141. The summed E-state index contributed by atoms with van der Waals surface area (Å²) >= 11 is 0. The van der Waals surface area contributed by atoms with Crippen molar-refractivity contribution in [2.45, 2.75) is 13.3 Å². The Bertz CT molecular complexity index is 486. The third-order valence-corrected chi connectivity index (χ3v) is 2.67. The molecule has 1 rings (SSSR count). The molecule has 0 aliphatic heterocycles. The Morgan fingerprint density at radius 1 is 1.29 bits per heavy atom. The van der Waals surface area contributed by atoms with Crippen LogP contribution in [-0.2, 0) is 4.79 Å². The maximum atomic E-state index is 11.7. The van der Waals surface area contributed by atoms with Gasteiger partial charge in [-0.3, -0.25) is 10.1 Å². The Morgan fingerprint density at radius 2 is 1.86 bits per heavy atom. The van der Waals surface area contributed by atoms with Gasteiger partial charge in [-0.15, -0.1) is 0 Å². The van der Waals surface area contributed by atoms with Gasteiger partial charge < -0.3 is 19.9 Å². The number of nitrogens with zero attached hydrogens (tertiary/aromatic N) is 2. The van der Waals surface area contributed by atoms with Gasteiger partial charge in [0.1, 0.15) is 0 Å². The summed E-state index contributed by atoms with van der Waals surface area (Å²) in [6.07, 6.45) is 0.416. The highest BCUT2D eigenvalue weighted by Gasteiger charge is 2.16. The summed E-state index contributed by atoms with van der Waals surface area (Å²) < 4.78 is 9.89. The van der Waals surface area contributed by atoms with E-state index in [0.717, 1.165) is 0 Å². The first-order valence-electron chi connectivity index (χ1n) is 6.24. The van der Waals surface area contributed by atoms with Gasteiger partial charge in [0.15, 0.2) is 0 Å². The minimum Gasteiger partial charge on any atom is -0.481 e. The number of urea groups is 1. The maximum Gasteiger partial charge on any atom is 0.321 e. The summed E-state index contributed by atoms with van der Waals surface area (Å²) in [6.45, 7) is 1.74. The SMILES string of the molecule is CCC(CNC(=O)Nc1nc(OC)cc(OC)n1)C(=O)O. The van der Waals surface area contributed by atoms with Crippen LogP contribution < -0.4 is 20.1 Å². The fourth-order valence-electron chi connectivity index (χ4n) is 1.44. The van der Waals surface area contributed by atoms with Crippen LogP contribution in [0.4, 0.5) is 10.7 Å². The standard InChI is InChI=1S/C12H18N4O5/c1-4-7(10(17)18)6-13-12(19)16-11-14-8(20-2)5-9(15-11)21-3/h5,7H,4,6H2,1-3H3,(H,17,18)(H2,13,14,15,16,19). The van der Waals surface area contributed by atoms with Crippen LogP contribution in [0, 0.1) is 5.92 Å². The summed E-state index contributed by atoms with van der Waals surface area (Å²) in [5.41, 5.74) is 0. The van der Waals surface area contributed by atoms with Gasteiger partial charge in [0.2, 0.25) is 17.7 Å². The minimum atomic E-state index is -0.961. The zero-order valence-corrected chi connectivity index (χ0v) is 12.0. The highest BCUT2D eigenvalue weighted by molar-refractivity contribution is 5.87. The van der Waals surface area contributed by atoms with Crippen LogP contribution in [-0.4, -0.2) is 47.8 Å². The second kappa shape index (κ2) is 7.88. The zero-order valence-electron chi connectivity index (χ0n) is 12.0. The first kappa shape index (κ1) is 16.5. The first-order chi connectivity index (χ1) is 9.99. The molecule has 0 aromatic carbocycles. The molecule has 3 N–H and O–H groups in total. The van der Waals surface area contributed by atoms with Crippen molar-refractivity contribution < 1.29 is 24.2 Å². The molecule has 0 saturated carbocycles. The molecule has 0 fully saturated rings. The number of carbonyl (C=O) groups excluding carboxylic acids is 1. The average molecular weight is 298 g/mol. The first-order valence-corrected chi connectivity index (χ1v) is 6.24. The highest BCUT2D eigenvalue weighted by atomic mass is 16.5. The van der Waals surface area contributed by atoms with Crippen molar-refractivity contribution in [1.82, 2.24) is 15.3 Å². The number of methoxy groups -OCH3 is 2. The molecule has 21 heavy (non-hydrogen) atoms. The molecular weight excluding hydrogens is 280 g/mol. The number of anilines is 1. The molecule has 0 aliphatic rings. The molecule has 0 radical (unpaired) electrons. The number of carboxylic acid groups (broad SMARTS) is 1. The molecule has 9 heteroatoms. The lowest BCUT2D eigenvalue weighted by atomic mass is 10.1. The number of carboxylic acids is 1.